The summed E-state index contributed by atoms with van der Waals surface area (Å²) in [5, 5.41) is 0. The van der Waals surface area contributed by atoms with E-state index >= 15 is 0 Å². The number of Topliss-reactive ketones (excluding diaryl/α,β-unsaturated/α-hetero) is 1. The lowest BCUT2D eigenvalue weighted by Gasteiger charge is -1.95. The molecular formula is C10H9O. The lowest BCUT2D eigenvalue weighted by molar-refractivity contribution is 0.101. The highest BCUT2D eigenvalue weighted by molar-refractivity contribution is 5.94. The van der Waals surface area contributed by atoms with Gasteiger partial charge >= 0.3 is 0 Å². The van der Waals surface area contributed by atoms with E-state index in [9.17, 15) is 4.79 Å². The van der Waals surface area contributed by atoms with Crippen LogP contribution >= 0.6 is 0 Å². The Labute approximate surface area is 66.4 Å². The largest absolute Gasteiger partial charge is 0.295 e. The normalized spacial score (nSPS) is 9.18. The third-order valence-electron chi connectivity index (χ3n) is 1.49. The third-order valence-corrected chi connectivity index (χ3v) is 1.49. The molecule has 1 radical (unpaired) electrons. The molecule has 0 aliphatic carbocycles. The van der Waals surface area contributed by atoms with E-state index in [-0.39, 0.29) is 5.78 Å². The first-order chi connectivity index (χ1) is 5.24. The van der Waals surface area contributed by atoms with Crippen molar-refractivity contribution in [3.63, 3.8) is 0 Å². The first-order valence-electron chi connectivity index (χ1n) is 3.40. The molecule has 1 aromatic rings. The van der Waals surface area contributed by atoms with Crippen LogP contribution in [0.1, 0.15) is 22.8 Å². The van der Waals surface area contributed by atoms with E-state index in [4.69, 9.17) is 6.58 Å². The van der Waals surface area contributed by atoms with E-state index in [1.54, 1.807) is 12.1 Å². The maximum Gasteiger partial charge on any atom is 0.159 e. The first kappa shape index (κ1) is 7.73. The number of hydrogen-bond donors (Lipinski definition) is 0. The van der Waals surface area contributed by atoms with Gasteiger partial charge < -0.3 is 0 Å². The maximum absolute atomic E-state index is 10.9. The van der Waals surface area contributed by atoms with Gasteiger partial charge in [-0.25, -0.2) is 0 Å². The van der Waals surface area contributed by atoms with Crippen LogP contribution in [0.15, 0.2) is 24.3 Å². The van der Waals surface area contributed by atoms with Crippen LogP contribution in [0.2, 0.25) is 0 Å². The van der Waals surface area contributed by atoms with Crippen LogP contribution in [0.5, 0.6) is 0 Å². The van der Waals surface area contributed by atoms with Crippen LogP contribution < -0.4 is 0 Å². The van der Waals surface area contributed by atoms with Gasteiger partial charge in [0.15, 0.2) is 5.78 Å². The molecule has 0 N–H and O–H groups in total. The third kappa shape index (κ3) is 1.77. The monoisotopic (exact) mass is 145 g/mol. The summed E-state index contributed by atoms with van der Waals surface area (Å²) in [6.07, 6.45) is 1.48. The molecule has 0 spiro atoms. The quantitative estimate of drug-likeness (QED) is 0.584. The van der Waals surface area contributed by atoms with E-state index in [1.807, 2.05) is 12.1 Å². The minimum absolute atomic E-state index is 0.0636. The molecule has 0 aliphatic heterocycles. The van der Waals surface area contributed by atoms with Gasteiger partial charge in [0.05, 0.1) is 0 Å². The first-order valence-corrected chi connectivity index (χ1v) is 3.40. The Bertz CT molecular complexity index is 287. The van der Waals surface area contributed by atoms with Crippen molar-refractivity contribution in [1.82, 2.24) is 0 Å². The average molecular weight is 145 g/mol. The van der Waals surface area contributed by atoms with Crippen LogP contribution in [-0.4, -0.2) is 5.78 Å². The van der Waals surface area contributed by atoms with E-state index in [1.165, 1.54) is 13.0 Å². The van der Waals surface area contributed by atoms with Gasteiger partial charge in [-0.15, -0.1) is 0 Å². The minimum atomic E-state index is 0.0636. The molecule has 1 heteroatoms. The Balaban J connectivity index is 3.10. The van der Waals surface area contributed by atoms with Gasteiger partial charge in [-0.3, -0.25) is 4.79 Å². The van der Waals surface area contributed by atoms with Gasteiger partial charge in [0.2, 0.25) is 0 Å². The average Bonchev–Trinajstić information content (AvgIpc) is 2.05. The molecule has 0 fully saturated rings. The van der Waals surface area contributed by atoms with E-state index < -0.39 is 0 Å². The van der Waals surface area contributed by atoms with Crippen LogP contribution in [0.4, 0.5) is 0 Å². The molecule has 0 saturated heterocycles. The zero-order valence-corrected chi connectivity index (χ0v) is 6.37. The fraction of sp³-hybridized carbons (Fsp3) is 0.100. The second kappa shape index (κ2) is 3.15. The number of benzene rings is 1. The van der Waals surface area contributed by atoms with Crippen molar-refractivity contribution < 1.29 is 4.79 Å². The molecule has 11 heavy (non-hydrogen) atoms. The summed E-state index contributed by atoms with van der Waals surface area (Å²) in [7, 11) is 0. The highest BCUT2D eigenvalue weighted by Crippen LogP contribution is 2.06. The van der Waals surface area contributed by atoms with Crippen molar-refractivity contribution in [1.29, 1.82) is 0 Å². The zero-order valence-electron chi connectivity index (χ0n) is 6.37. The smallest absolute Gasteiger partial charge is 0.159 e. The Morgan fingerprint density at radius 3 is 2.82 bits per heavy atom. The second-order valence-electron chi connectivity index (χ2n) is 2.35. The molecule has 0 saturated carbocycles. The molecule has 0 atom stereocenters. The summed E-state index contributed by atoms with van der Waals surface area (Å²) in [4.78, 5) is 10.9. The molecular weight excluding hydrogens is 136 g/mol. The molecule has 0 aliphatic rings. The second-order valence-corrected chi connectivity index (χ2v) is 2.35. The molecule has 0 heterocycles. The summed E-state index contributed by atoms with van der Waals surface area (Å²) in [5.41, 5.74) is 1.57. The molecule has 0 unspecified atom stereocenters. The lowest BCUT2D eigenvalue weighted by atomic mass is 10.1. The topological polar surface area (TPSA) is 17.1 Å². The van der Waals surface area contributed by atoms with Crippen LogP contribution in [-0.2, 0) is 0 Å². The SMILES string of the molecule is [CH]=Cc1cccc(C(C)=O)c1. The summed E-state index contributed by atoms with van der Waals surface area (Å²) < 4.78 is 0. The van der Waals surface area contributed by atoms with E-state index in [2.05, 4.69) is 0 Å². The van der Waals surface area contributed by atoms with E-state index in [0.717, 1.165) is 5.56 Å². The number of carbonyl (C=O) groups is 1. The van der Waals surface area contributed by atoms with Crippen molar-refractivity contribution in [3.05, 3.63) is 42.0 Å². The summed E-state index contributed by atoms with van der Waals surface area (Å²) in [6, 6.07) is 7.21. The van der Waals surface area contributed by atoms with Crippen LogP contribution in [0, 0.1) is 6.58 Å². The predicted molar refractivity (Wildman–Crippen MR) is 45.2 cm³/mol. The Morgan fingerprint density at radius 1 is 1.55 bits per heavy atom. The number of rotatable bonds is 2. The molecule has 55 valence electrons. The van der Waals surface area contributed by atoms with Crippen molar-refractivity contribution in [2.75, 3.05) is 0 Å². The number of hydrogen-bond acceptors (Lipinski definition) is 1. The van der Waals surface area contributed by atoms with Crippen molar-refractivity contribution >= 4 is 11.9 Å². The molecule has 1 rings (SSSR count). The highest BCUT2D eigenvalue weighted by atomic mass is 16.1. The van der Waals surface area contributed by atoms with Gasteiger partial charge in [-0.05, 0) is 18.6 Å². The predicted octanol–water partition coefficient (Wildman–Crippen LogP) is 2.34. The van der Waals surface area contributed by atoms with Crippen molar-refractivity contribution in [3.8, 4) is 0 Å². The van der Waals surface area contributed by atoms with Crippen LogP contribution in [0.25, 0.3) is 6.08 Å². The van der Waals surface area contributed by atoms with Gasteiger partial charge in [0.25, 0.3) is 0 Å². The van der Waals surface area contributed by atoms with Crippen molar-refractivity contribution in [2.45, 2.75) is 6.92 Å². The standard InChI is InChI=1S/C10H9O/c1-3-9-5-4-6-10(7-9)8(2)11/h1,3-7H,2H3. The summed E-state index contributed by atoms with van der Waals surface area (Å²) in [6.45, 7) is 6.82. The Hall–Kier alpha value is -1.37. The van der Waals surface area contributed by atoms with Gasteiger partial charge in [0.1, 0.15) is 0 Å². The molecule has 1 nitrogen and oxygen atoms in total. The summed E-state index contributed by atoms with van der Waals surface area (Å²) in [5.74, 6) is 0.0636. The van der Waals surface area contributed by atoms with Gasteiger partial charge in [0, 0.05) is 5.56 Å². The van der Waals surface area contributed by atoms with Crippen molar-refractivity contribution in [2.24, 2.45) is 0 Å². The molecule has 1 aromatic carbocycles. The zero-order chi connectivity index (χ0) is 8.27. The minimum Gasteiger partial charge on any atom is -0.295 e. The Morgan fingerprint density at radius 2 is 2.27 bits per heavy atom. The van der Waals surface area contributed by atoms with Gasteiger partial charge in [-0.2, -0.15) is 0 Å². The molecule has 0 aromatic heterocycles. The fourth-order valence-corrected chi connectivity index (χ4v) is 0.861. The van der Waals surface area contributed by atoms with E-state index in [0.29, 0.717) is 5.56 Å². The van der Waals surface area contributed by atoms with Gasteiger partial charge in [-0.1, -0.05) is 30.9 Å². The highest BCUT2D eigenvalue weighted by Gasteiger charge is 1.96. The maximum atomic E-state index is 10.9. The fourth-order valence-electron chi connectivity index (χ4n) is 0.861. The number of ketones is 1. The summed E-state index contributed by atoms with van der Waals surface area (Å²) >= 11 is 0. The van der Waals surface area contributed by atoms with Crippen LogP contribution in [0.3, 0.4) is 0 Å². The Kier molecular flexibility index (Phi) is 2.21. The lowest BCUT2D eigenvalue weighted by Crippen LogP contribution is -1.90. The molecule has 0 bridgehead atoms. The number of carbonyl (C=O) groups excluding carboxylic acids is 1. The molecule has 0 amide bonds.